The summed E-state index contributed by atoms with van der Waals surface area (Å²) in [6, 6.07) is 16.9. The highest BCUT2D eigenvalue weighted by Crippen LogP contribution is 2.08. The number of halogens is 1. The molecule has 0 spiro atoms. The van der Waals surface area contributed by atoms with Crippen molar-refractivity contribution in [3.63, 3.8) is 0 Å². The molecule has 0 saturated carbocycles. The second-order valence-electron chi connectivity index (χ2n) is 4.60. The Balaban J connectivity index is 1.98. The van der Waals surface area contributed by atoms with Gasteiger partial charge in [0.05, 0.1) is 5.69 Å². The largest absolute Gasteiger partial charge is 0.347 e. The Morgan fingerprint density at radius 2 is 2.00 bits per heavy atom. The maximum atomic E-state index is 12.0. The van der Waals surface area contributed by atoms with Crippen LogP contribution in [0.5, 0.6) is 0 Å². The van der Waals surface area contributed by atoms with Gasteiger partial charge in [-0.05, 0) is 45.8 Å². The molecule has 5 heteroatoms. The molecule has 0 aliphatic heterocycles. The fraction of sp³-hybridized carbons (Fsp3) is 0.0556. The van der Waals surface area contributed by atoms with E-state index in [2.05, 4.69) is 26.2 Å². The minimum Gasteiger partial charge on any atom is -0.347 e. The molecule has 0 fully saturated rings. The minimum absolute atomic E-state index is 0.0483. The Morgan fingerprint density at radius 3 is 2.70 bits per heavy atom. The molecule has 0 radical (unpaired) electrons. The summed E-state index contributed by atoms with van der Waals surface area (Å²) in [6.45, 7) is 0.385. The number of nitrogens with one attached hydrogen (secondary N) is 1. The molecule has 2 rings (SSSR count). The Morgan fingerprint density at radius 1 is 1.22 bits per heavy atom. The number of carbonyl (C=O) groups is 1. The van der Waals surface area contributed by atoms with E-state index in [1.165, 1.54) is 6.08 Å². The molecule has 0 aliphatic rings. The highest BCUT2D eigenvalue weighted by atomic mass is 79.9. The second-order valence-corrected chi connectivity index (χ2v) is 5.42. The van der Waals surface area contributed by atoms with Gasteiger partial charge in [0.25, 0.3) is 5.91 Å². The van der Waals surface area contributed by atoms with E-state index in [-0.39, 0.29) is 5.57 Å². The van der Waals surface area contributed by atoms with Crippen LogP contribution in [0.1, 0.15) is 11.3 Å². The van der Waals surface area contributed by atoms with Gasteiger partial charge in [-0.1, -0.05) is 42.5 Å². The van der Waals surface area contributed by atoms with Crippen LogP contribution in [0.4, 0.5) is 0 Å². The van der Waals surface area contributed by atoms with Gasteiger partial charge in [0.1, 0.15) is 16.2 Å². The number of carbonyl (C=O) groups excluding carboxylic acids is 1. The second kappa shape index (κ2) is 8.66. The first-order valence-corrected chi connectivity index (χ1v) is 7.71. The van der Waals surface area contributed by atoms with Gasteiger partial charge in [-0.3, -0.25) is 4.79 Å². The smallest absolute Gasteiger partial charge is 0.262 e. The van der Waals surface area contributed by atoms with Crippen molar-refractivity contribution >= 4 is 27.9 Å². The zero-order valence-electron chi connectivity index (χ0n) is 12.2. The summed E-state index contributed by atoms with van der Waals surface area (Å²) in [5.41, 5.74) is 1.76. The predicted molar refractivity (Wildman–Crippen MR) is 93.0 cm³/mol. The van der Waals surface area contributed by atoms with Gasteiger partial charge in [-0.15, -0.1) is 0 Å². The van der Waals surface area contributed by atoms with Crippen LogP contribution in [0.3, 0.4) is 0 Å². The Bertz CT molecular complexity index is 776. The molecule has 0 atom stereocenters. The fourth-order valence-corrected chi connectivity index (χ4v) is 2.15. The molecule has 0 bridgehead atoms. The third-order valence-corrected chi connectivity index (χ3v) is 3.37. The number of nitriles is 1. The van der Waals surface area contributed by atoms with Gasteiger partial charge in [-0.2, -0.15) is 5.26 Å². The van der Waals surface area contributed by atoms with Gasteiger partial charge in [-0.25, -0.2) is 4.98 Å². The number of rotatable bonds is 5. The predicted octanol–water partition coefficient (Wildman–Crippen LogP) is 3.62. The van der Waals surface area contributed by atoms with Gasteiger partial charge in [0, 0.05) is 6.54 Å². The molecule has 1 aromatic carbocycles. The quantitative estimate of drug-likeness (QED) is 0.379. The average Bonchev–Trinajstić information content (AvgIpc) is 2.57. The van der Waals surface area contributed by atoms with Crippen LogP contribution in [0.2, 0.25) is 0 Å². The summed E-state index contributed by atoms with van der Waals surface area (Å²) in [5, 5.41) is 11.8. The van der Waals surface area contributed by atoms with E-state index >= 15 is 0 Å². The fourth-order valence-electron chi connectivity index (χ4n) is 1.80. The molecule has 1 heterocycles. The lowest BCUT2D eigenvalue weighted by Gasteiger charge is -2.03. The van der Waals surface area contributed by atoms with Crippen LogP contribution in [0, 0.1) is 11.3 Å². The maximum Gasteiger partial charge on any atom is 0.262 e. The number of hydrogen-bond donors (Lipinski definition) is 1. The lowest BCUT2D eigenvalue weighted by Crippen LogP contribution is -2.23. The van der Waals surface area contributed by atoms with Crippen LogP contribution < -0.4 is 5.32 Å². The van der Waals surface area contributed by atoms with Crippen molar-refractivity contribution in [3.05, 3.63) is 82.1 Å². The molecule has 0 saturated heterocycles. The molecule has 1 amide bonds. The van der Waals surface area contributed by atoms with E-state index < -0.39 is 5.91 Å². The highest BCUT2D eigenvalue weighted by molar-refractivity contribution is 9.10. The SMILES string of the molecule is N#CC(=CC=Cc1cccc(Br)n1)C(=O)NCc1ccccc1. The van der Waals surface area contributed by atoms with E-state index in [1.807, 2.05) is 54.6 Å². The van der Waals surface area contributed by atoms with Crippen LogP contribution in [0.15, 0.2) is 70.9 Å². The summed E-state index contributed by atoms with van der Waals surface area (Å²) in [6.07, 6.45) is 4.84. The van der Waals surface area contributed by atoms with Gasteiger partial charge in [0.2, 0.25) is 0 Å². The Labute approximate surface area is 143 Å². The molecule has 4 nitrogen and oxygen atoms in total. The summed E-state index contributed by atoms with van der Waals surface area (Å²) < 4.78 is 0.727. The first kappa shape index (κ1) is 16.7. The van der Waals surface area contributed by atoms with Gasteiger partial charge in [0.15, 0.2) is 0 Å². The van der Waals surface area contributed by atoms with Crippen LogP contribution in [-0.2, 0) is 11.3 Å². The number of allylic oxidation sites excluding steroid dienone is 2. The number of amides is 1. The number of aromatic nitrogens is 1. The van der Waals surface area contributed by atoms with E-state index in [9.17, 15) is 4.79 Å². The standard InChI is InChI=1S/C18H14BrN3O/c19-17-11-5-10-16(22-17)9-4-8-15(12-20)18(23)21-13-14-6-2-1-3-7-14/h1-11H,13H2,(H,21,23). The van der Waals surface area contributed by atoms with E-state index in [4.69, 9.17) is 5.26 Å². The average molecular weight is 368 g/mol. The third kappa shape index (κ3) is 5.53. The van der Waals surface area contributed by atoms with Crippen molar-refractivity contribution in [3.8, 4) is 6.07 Å². The number of nitrogens with zero attached hydrogens (tertiary/aromatic N) is 2. The molecule has 1 aromatic heterocycles. The lowest BCUT2D eigenvalue weighted by atomic mass is 10.2. The first-order chi connectivity index (χ1) is 11.2. The summed E-state index contributed by atoms with van der Waals surface area (Å²) in [5.74, 6) is -0.400. The Kier molecular flexibility index (Phi) is 6.28. The van der Waals surface area contributed by atoms with Crippen LogP contribution in [0.25, 0.3) is 6.08 Å². The molecule has 23 heavy (non-hydrogen) atoms. The number of benzene rings is 1. The van der Waals surface area contributed by atoms with Crippen LogP contribution >= 0.6 is 15.9 Å². The van der Waals surface area contributed by atoms with Crippen LogP contribution in [-0.4, -0.2) is 10.9 Å². The molecular formula is C18H14BrN3O. The summed E-state index contributed by atoms with van der Waals surface area (Å²) >= 11 is 3.29. The van der Waals surface area contributed by atoms with Crippen molar-refractivity contribution in [2.45, 2.75) is 6.54 Å². The van der Waals surface area contributed by atoms with Crippen molar-refractivity contribution in [2.24, 2.45) is 0 Å². The van der Waals surface area contributed by atoms with Crippen molar-refractivity contribution in [2.75, 3.05) is 0 Å². The van der Waals surface area contributed by atoms with E-state index in [0.717, 1.165) is 15.9 Å². The normalized spacial score (nSPS) is 11.2. The maximum absolute atomic E-state index is 12.0. The van der Waals surface area contributed by atoms with E-state index in [0.29, 0.717) is 6.54 Å². The van der Waals surface area contributed by atoms with Gasteiger partial charge >= 0.3 is 0 Å². The highest BCUT2D eigenvalue weighted by Gasteiger charge is 2.06. The zero-order chi connectivity index (χ0) is 16.5. The Hall–Kier alpha value is -2.71. The van der Waals surface area contributed by atoms with Crippen molar-refractivity contribution < 1.29 is 4.79 Å². The summed E-state index contributed by atoms with van der Waals surface area (Å²) in [4.78, 5) is 16.2. The number of hydrogen-bond acceptors (Lipinski definition) is 3. The lowest BCUT2D eigenvalue weighted by molar-refractivity contribution is -0.117. The summed E-state index contributed by atoms with van der Waals surface area (Å²) in [7, 11) is 0. The number of pyridine rings is 1. The molecule has 0 aliphatic carbocycles. The van der Waals surface area contributed by atoms with E-state index in [1.54, 1.807) is 12.2 Å². The molecular weight excluding hydrogens is 354 g/mol. The molecule has 0 unspecified atom stereocenters. The zero-order valence-corrected chi connectivity index (χ0v) is 13.8. The third-order valence-electron chi connectivity index (χ3n) is 2.93. The van der Waals surface area contributed by atoms with Gasteiger partial charge < -0.3 is 5.32 Å². The monoisotopic (exact) mass is 367 g/mol. The molecule has 114 valence electrons. The van der Waals surface area contributed by atoms with Crippen molar-refractivity contribution in [1.82, 2.24) is 10.3 Å². The first-order valence-electron chi connectivity index (χ1n) is 6.92. The molecule has 1 N–H and O–H groups in total. The minimum atomic E-state index is -0.400. The topological polar surface area (TPSA) is 65.8 Å². The molecule has 2 aromatic rings. The van der Waals surface area contributed by atoms with Crippen molar-refractivity contribution in [1.29, 1.82) is 5.26 Å².